The smallest absolute Gasteiger partial charge is 0.386 e. The van der Waals surface area contributed by atoms with Crippen molar-refractivity contribution in [1.29, 1.82) is 0 Å². The van der Waals surface area contributed by atoms with Crippen LogP contribution in [-0.4, -0.2) is 83.8 Å². The number of imidazole rings is 1. The van der Waals surface area contributed by atoms with Gasteiger partial charge in [0.25, 0.3) is 5.91 Å². The molecule has 2 saturated heterocycles. The molecule has 17 heteroatoms. The first-order chi connectivity index (χ1) is 28.0. The van der Waals surface area contributed by atoms with Crippen molar-refractivity contribution in [1.82, 2.24) is 34.1 Å². The lowest BCUT2D eigenvalue weighted by Crippen LogP contribution is -2.53. The second-order valence-corrected chi connectivity index (χ2v) is 16.8. The van der Waals surface area contributed by atoms with Crippen molar-refractivity contribution < 1.29 is 32.7 Å². The Bertz CT molecular complexity index is 2510. The molecule has 1 aliphatic carbocycles. The zero-order valence-electron chi connectivity index (χ0n) is 33.4. The van der Waals surface area contributed by atoms with Crippen LogP contribution < -0.4 is 21.2 Å². The van der Waals surface area contributed by atoms with E-state index in [1.807, 2.05) is 29.1 Å². The predicted octanol–water partition coefficient (Wildman–Crippen LogP) is 5.50. The minimum absolute atomic E-state index is 0.158. The highest BCUT2D eigenvalue weighted by Gasteiger charge is 2.35. The van der Waals surface area contributed by atoms with Crippen LogP contribution in [0.3, 0.4) is 0 Å². The summed E-state index contributed by atoms with van der Waals surface area (Å²) in [6.07, 6.45) is 1.58. The molecule has 8 rings (SSSR count). The number of anilines is 2. The van der Waals surface area contributed by atoms with E-state index in [9.17, 15) is 37.5 Å². The molecular formula is C42H48F3N9O5. The first kappa shape index (κ1) is 40.2. The lowest BCUT2D eigenvalue weighted by molar-refractivity contribution is -0.141. The lowest BCUT2D eigenvalue weighted by Gasteiger charge is -2.43. The zero-order chi connectivity index (χ0) is 42.0. The number of nitrogens with zero attached hydrogens (tertiary/aromatic N) is 7. The van der Waals surface area contributed by atoms with Gasteiger partial charge >= 0.3 is 11.9 Å². The van der Waals surface area contributed by atoms with E-state index in [0.717, 1.165) is 80.6 Å². The van der Waals surface area contributed by atoms with Gasteiger partial charge in [-0.2, -0.15) is 18.3 Å². The summed E-state index contributed by atoms with van der Waals surface area (Å²) in [4.78, 5) is 59.5. The molecule has 3 N–H and O–H groups in total. The van der Waals surface area contributed by atoms with Crippen LogP contribution in [0.2, 0.25) is 0 Å². The molecule has 0 bridgehead atoms. The van der Waals surface area contributed by atoms with E-state index in [1.54, 1.807) is 37.6 Å². The Kier molecular flexibility index (Phi) is 10.4. The number of piperazine rings is 1. The van der Waals surface area contributed by atoms with Crippen LogP contribution in [0.1, 0.15) is 93.1 Å². The monoisotopic (exact) mass is 815 g/mol. The predicted molar refractivity (Wildman–Crippen MR) is 215 cm³/mol. The van der Waals surface area contributed by atoms with Gasteiger partial charge in [0.15, 0.2) is 0 Å². The number of aliphatic hydroxyl groups is 1. The Hall–Kier alpha value is -5.55. The average Bonchev–Trinajstić information content (AvgIpc) is 3.72. The Labute approximate surface area is 338 Å². The zero-order valence-corrected chi connectivity index (χ0v) is 33.4. The van der Waals surface area contributed by atoms with Gasteiger partial charge in [-0.15, -0.1) is 0 Å². The highest BCUT2D eigenvalue weighted by Crippen LogP contribution is 2.37. The first-order valence-electron chi connectivity index (χ1n) is 20.1. The van der Waals surface area contributed by atoms with Crippen LogP contribution in [0.4, 0.5) is 24.5 Å². The molecule has 5 heterocycles. The Morgan fingerprint density at radius 2 is 1.75 bits per heavy atom. The second-order valence-electron chi connectivity index (χ2n) is 16.8. The number of carbonyl (C=O) groups is 3. The molecule has 14 nitrogen and oxygen atoms in total. The third-order valence-electron chi connectivity index (χ3n) is 12.2. The number of rotatable bonds is 8. The van der Waals surface area contributed by atoms with Crippen molar-refractivity contribution >= 4 is 51.0 Å². The van der Waals surface area contributed by atoms with E-state index in [1.165, 1.54) is 10.6 Å². The van der Waals surface area contributed by atoms with Crippen molar-refractivity contribution in [2.75, 3.05) is 36.4 Å². The largest absolute Gasteiger partial charge is 0.433 e. The third kappa shape index (κ3) is 7.84. The van der Waals surface area contributed by atoms with Gasteiger partial charge in [-0.3, -0.25) is 38.4 Å². The highest BCUT2D eigenvalue weighted by molar-refractivity contribution is 6.04. The minimum Gasteiger partial charge on any atom is -0.386 e. The van der Waals surface area contributed by atoms with Crippen molar-refractivity contribution in [3.05, 3.63) is 82.2 Å². The number of alkyl halides is 3. The van der Waals surface area contributed by atoms with E-state index in [-0.39, 0.29) is 42.2 Å². The number of piperidine rings is 1. The third-order valence-corrected chi connectivity index (χ3v) is 12.2. The molecule has 5 aromatic rings. The fraction of sp³-hybridized carbons (Fsp3) is 0.476. The Morgan fingerprint density at radius 3 is 2.44 bits per heavy atom. The van der Waals surface area contributed by atoms with Gasteiger partial charge in [0.1, 0.15) is 17.4 Å². The number of amides is 3. The number of nitrogens with one attached hydrogen (secondary N) is 2. The molecule has 2 aliphatic heterocycles. The molecule has 2 aromatic carbocycles. The van der Waals surface area contributed by atoms with E-state index < -0.39 is 41.0 Å². The van der Waals surface area contributed by atoms with Crippen molar-refractivity contribution in [2.24, 2.45) is 13.0 Å². The Morgan fingerprint density at radius 1 is 1.00 bits per heavy atom. The number of imide groups is 1. The number of benzene rings is 2. The van der Waals surface area contributed by atoms with Crippen molar-refractivity contribution in [3.8, 4) is 0 Å². The summed E-state index contributed by atoms with van der Waals surface area (Å²) in [5.41, 5.74) is 0.437. The van der Waals surface area contributed by atoms with E-state index in [4.69, 9.17) is 5.10 Å². The molecule has 1 saturated carbocycles. The standard InChI is InChI=1S/C42H48F3N9O5/c1-24-21-52(32-8-6-9-33-37(32)50(4)40(58)54(33)34-15-16-36(55)48-39(34)57)18-17-51(24)22-25-11-13-27(14-12-25)53-23-26-19-31(28(41(2,3)59)20-30(26)49-53)47-38(56)29-7-5-10-35(46-29)42(43,44)45/h5-10,19-20,23-25,27,34,59H,11-18,21-22H2,1-4H3,(H,47,56)(H,48,55,57)/t24-,25?,27?,34?/m1/s1. The molecule has 0 spiro atoms. The normalized spacial score (nSPS) is 22.3. The quantitative estimate of drug-likeness (QED) is 0.172. The number of para-hydroxylation sites is 1. The molecule has 3 amide bonds. The summed E-state index contributed by atoms with van der Waals surface area (Å²) in [6.45, 7) is 8.75. The summed E-state index contributed by atoms with van der Waals surface area (Å²) in [6, 6.07) is 12.0. The van der Waals surface area contributed by atoms with Gasteiger partial charge in [0.2, 0.25) is 11.8 Å². The first-order valence-corrected chi connectivity index (χ1v) is 20.1. The van der Waals surface area contributed by atoms with E-state index in [2.05, 4.69) is 32.3 Å². The van der Waals surface area contributed by atoms with Crippen molar-refractivity contribution in [2.45, 2.75) is 89.2 Å². The van der Waals surface area contributed by atoms with E-state index >= 15 is 0 Å². The van der Waals surface area contributed by atoms with Crippen LogP contribution in [0.5, 0.6) is 0 Å². The fourth-order valence-electron chi connectivity index (χ4n) is 9.10. The molecular weight excluding hydrogens is 768 g/mol. The second kappa shape index (κ2) is 15.2. The van der Waals surface area contributed by atoms with Gasteiger partial charge in [0.05, 0.1) is 33.9 Å². The number of fused-ring (bicyclic) bond motifs is 2. The molecule has 0 radical (unpaired) electrons. The molecule has 312 valence electrons. The van der Waals surface area contributed by atoms with Gasteiger partial charge in [0, 0.05) is 68.5 Å². The fourth-order valence-corrected chi connectivity index (χ4v) is 9.10. The maximum absolute atomic E-state index is 13.5. The summed E-state index contributed by atoms with van der Waals surface area (Å²) in [7, 11) is 1.73. The highest BCUT2D eigenvalue weighted by atomic mass is 19.4. The van der Waals surface area contributed by atoms with Gasteiger partial charge < -0.3 is 15.3 Å². The summed E-state index contributed by atoms with van der Waals surface area (Å²) >= 11 is 0. The molecule has 1 unspecified atom stereocenters. The summed E-state index contributed by atoms with van der Waals surface area (Å²) in [5, 5.41) is 21.6. The summed E-state index contributed by atoms with van der Waals surface area (Å²) in [5.74, 6) is -1.09. The maximum Gasteiger partial charge on any atom is 0.433 e. The van der Waals surface area contributed by atoms with Crippen LogP contribution in [0.25, 0.3) is 21.9 Å². The minimum atomic E-state index is -4.70. The number of hydrogen-bond acceptors (Lipinski definition) is 9. The SMILES string of the molecule is C[C@@H]1CN(c2cccc3c2n(C)c(=O)n3C2CCC(=O)NC2=O)CCN1CC1CCC(n2cc3cc(NC(=O)c4cccc(C(F)(F)F)n4)c(C(C)(C)O)cc3n2)CC1. The number of carbonyl (C=O) groups excluding carboxylic acids is 3. The number of aryl methyl sites for hydroxylation is 1. The average molecular weight is 816 g/mol. The Balaban J connectivity index is 0.913. The number of halogens is 3. The molecule has 3 aromatic heterocycles. The van der Waals surface area contributed by atoms with Crippen LogP contribution in [-0.2, 0) is 28.4 Å². The molecule has 3 fully saturated rings. The number of pyridine rings is 1. The topological polar surface area (TPSA) is 160 Å². The van der Waals surface area contributed by atoms with Crippen LogP contribution in [0, 0.1) is 5.92 Å². The summed E-state index contributed by atoms with van der Waals surface area (Å²) < 4.78 is 44.9. The lowest BCUT2D eigenvalue weighted by atomic mass is 9.85. The maximum atomic E-state index is 13.5. The number of aromatic nitrogens is 5. The van der Waals surface area contributed by atoms with Gasteiger partial charge in [-0.1, -0.05) is 12.1 Å². The molecule has 2 atom stereocenters. The van der Waals surface area contributed by atoms with Crippen LogP contribution >= 0.6 is 0 Å². The van der Waals surface area contributed by atoms with E-state index in [0.29, 0.717) is 22.5 Å². The number of hydrogen-bond donors (Lipinski definition) is 3. The molecule has 3 aliphatic rings. The molecule has 59 heavy (non-hydrogen) atoms. The van der Waals surface area contributed by atoms with Crippen LogP contribution in [0.15, 0.2) is 59.5 Å². The van der Waals surface area contributed by atoms with Gasteiger partial charge in [-0.05, 0) is 95.2 Å². The van der Waals surface area contributed by atoms with Crippen molar-refractivity contribution in [3.63, 3.8) is 0 Å². The van der Waals surface area contributed by atoms with Gasteiger partial charge in [-0.25, -0.2) is 9.78 Å².